The fraction of sp³-hybridized carbons (Fsp3) is 0.273. The summed E-state index contributed by atoms with van der Waals surface area (Å²) < 4.78 is 11.1. The molecule has 4 rings (SSSR count). The summed E-state index contributed by atoms with van der Waals surface area (Å²) in [7, 11) is 0. The average Bonchev–Trinajstić information content (AvgIpc) is 3.27. The van der Waals surface area contributed by atoms with Gasteiger partial charge in [-0.1, -0.05) is 30.3 Å². The van der Waals surface area contributed by atoms with Gasteiger partial charge < -0.3 is 14.8 Å². The zero-order valence-electron chi connectivity index (χ0n) is 16.2. The summed E-state index contributed by atoms with van der Waals surface area (Å²) in [5.41, 5.74) is 2.40. The molecule has 0 saturated carbocycles. The van der Waals surface area contributed by atoms with Crippen LogP contribution in [0.25, 0.3) is 10.9 Å². The highest BCUT2D eigenvalue weighted by atomic mass is 16.6. The number of nitriles is 1. The number of rotatable bonds is 7. The average molecular weight is 404 g/mol. The van der Waals surface area contributed by atoms with Crippen molar-refractivity contribution >= 4 is 22.3 Å². The highest BCUT2D eigenvalue weighted by Crippen LogP contribution is 2.36. The Labute approximate surface area is 173 Å². The Balaban J connectivity index is 1.68. The minimum Gasteiger partial charge on any atom is -0.481 e. The van der Waals surface area contributed by atoms with Gasteiger partial charge in [0.2, 0.25) is 0 Å². The van der Waals surface area contributed by atoms with Crippen LogP contribution in [0, 0.1) is 21.4 Å². The summed E-state index contributed by atoms with van der Waals surface area (Å²) in [5.74, 6) is 0.162. The second-order valence-electron chi connectivity index (χ2n) is 7.02. The molecule has 1 fully saturated rings. The lowest BCUT2D eigenvalue weighted by molar-refractivity contribution is -0.385. The zero-order valence-corrected chi connectivity index (χ0v) is 16.2. The van der Waals surface area contributed by atoms with Gasteiger partial charge in [0.1, 0.15) is 12.2 Å². The molecular formula is C22H20N4O4. The standard InChI is InChI=1S/C22H20N4O4/c23-12-16-13-25-19-11-21(30-17-7-9-29-14-17)20(26(27)28)10-18(19)22(16)24-8-6-15-4-2-1-3-5-15/h1-5,10-11,13,17H,6-9,14H2,(H,24,25)/t17-/m0/s1. The molecule has 1 saturated heterocycles. The largest absolute Gasteiger partial charge is 0.481 e. The number of aromatic nitrogens is 1. The molecule has 8 nitrogen and oxygen atoms in total. The molecule has 1 aliphatic heterocycles. The van der Waals surface area contributed by atoms with Gasteiger partial charge in [0.15, 0.2) is 5.75 Å². The highest BCUT2D eigenvalue weighted by molar-refractivity contribution is 5.96. The molecule has 1 aliphatic rings. The number of anilines is 1. The molecule has 8 heteroatoms. The van der Waals surface area contributed by atoms with Crippen LogP contribution in [0.3, 0.4) is 0 Å². The lowest BCUT2D eigenvalue weighted by Crippen LogP contribution is -2.16. The molecule has 2 heterocycles. The lowest BCUT2D eigenvalue weighted by Gasteiger charge is -2.15. The summed E-state index contributed by atoms with van der Waals surface area (Å²) in [6, 6.07) is 15.1. The zero-order chi connectivity index (χ0) is 20.9. The van der Waals surface area contributed by atoms with E-state index in [-0.39, 0.29) is 17.5 Å². The Hall–Kier alpha value is -3.70. The van der Waals surface area contributed by atoms with E-state index in [1.807, 2.05) is 30.3 Å². The molecule has 0 spiro atoms. The van der Waals surface area contributed by atoms with Crippen molar-refractivity contribution < 1.29 is 14.4 Å². The van der Waals surface area contributed by atoms with E-state index in [2.05, 4.69) is 16.4 Å². The number of nitrogens with one attached hydrogen (secondary N) is 1. The van der Waals surface area contributed by atoms with E-state index in [4.69, 9.17) is 9.47 Å². The van der Waals surface area contributed by atoms with Crippen molar-refractivity contribution in [1.29, 1.82) is 5.26 Å². The van der Waals surface area contributed by atoms with Crippen LogP contribution in [-0.4, -0.2) is 35.8 Å². The molecule has 0 bridgehead atoms. The van der Waals surface area contributed by atoms with Crippen molar-refractivity contribution in [2.45, 2.75) is 18.9 Å². The fourth-order valence-corrected chi connectivity index (χ4v) is 3.48. The van der Waals surface area contributed by atoms with Crippen LogP contribution in [0.5, 0.6) is 5.75 Å². The predicted octanol–water partition coefficient (Wildman–Crippen LogP) is 3.84. The predicted molar refractivity (Wildman–Crippen MR) is 112 cm³/mol. The third-order valence-corrected chi connectivity index (χ3v) is 5.01. The number of ether oxygens (including phenoxy) is 2. The van der Waals surface area contributed by atoms with Crippen LogP contribution < -0.4 is 10.1 Å². The first kappa shape index (κ1) is 19.6. The number of hydrogen-bond acceptors (Lipinski definition) is 7. The van der Waals surface area contributed by atoms with E-state index >= 15 is 0 Å². The third-order valence-electron chi connectivity index (χ3n) is 5.01. The van der Waals surface area contributed by atoms with Gasteiger partial charge in [-0.2, -0.15) is 5.26 Å². The van der Waals surface area contributed by atoms with E-state index in [1.54, 1.807) is 6.07 Å². The number of nitro groups is 1. The normalized spacial score (nSPS) is 15.6. The molecule has 0 amide bonds. The third kappa shape index (κ3) is 4.16. The Morgan fingerprint density at radius 2 is 2.17 bits per heavy atom. The van der Waals surface area contributed by atoms with Crippen molar-refractivity contribution in [2.24, 2.45) is 0 Å². The Kier molecular flexibility index (Phi) is 5.72. The maximum atomic E-state index is 11.7. The molecule has 0 radical (unpaired) electrons. The number of pyridine rings is 1. The number of hydrogen-bond donors (Lipinski definition) is 1. The molecule has 0 aliphatic carbocycles. The number of nitro benzene ring substituents is 1. The minimum atomic E-state index is -0.475. The van der Waals surface area contributed by atoms with E-state index < -0.39 is 4.92 Å². The van der Waals surface area contributed by atoms with Gasteiger partial charge in [-0.15, -0.1) is 0 Å². The lowest BCUT2D eigenvalue weighted by atomic mass is 10.1. The molecule has 2 aromatic carbocycles. The van der Waals surface area contributed by atoms with Crippen molar-refractivity contribution in [1.82, 2.24) is 4.98 Å². The number of fused-ring (bicyclic) bond motifs is 1. The SMILES string of the molecule is N#Cc1cnc2cc(O[C@H]3CCOC3)c([N+](=O)[O-])cc2c1NCCc1ccccc1. The highest BCUT2D eigenvalue weighted by Gasteiger charge is 2.25. The van der Waals surface area contributed by atoms with Gasteiger partial charge in [0.05, 0.1) is 34.9 Å². The van der Waals surface area contributed by atoms with Crippen molar-refractivity contribution in [3.63, 3.8) is 0 Å². The van der Waals surface area contributed by atoms with E-state index in [0.717, 1.165) is 12.0 Å². The molecule has 1 atom stereocenters. The van der Waals surface area contributed by atoms with Gasteiger partial charge >= 0.3 is 5.69 Å². The van der Waals surface area contributed by atoms with Crippen LogP contribution in [0.4, 0.5) is 11.4 Å². The number of benzene rings is 2. The molecule has 3 aromatic rings. The van der Waals surface area contributed by atoms with E-state index in [0.29, 0.717) is 48.3 Å². The summed E-state index contributed by atoms with van der Waals surface area (Å²) >= 11 is 0. The van der Waals surface area contributed by atoms with Crippen LogP contribution in [0.1, 0.15) is 17.5 Å². The molecule has 1 N–H and O–H groups in total. The fourth-order valence-electron chi connectivity index (χ4n) is 3.48. The van der Waals surface area contributed by atoms with E-state index in [1.165, 1.54) is 12.3 Å². The number of nitrogens with zero attached hydrogens (tertiary/aromatic N) is 3. The summed E-state index contributed by atoms with van der Waals surface area (Å²) in [6.07, 6.45) is 2.69. The van der Waals surface area contributed by atoms with Gasteiger partial charge in [-0.3, -0.25) is 15.1 Å². The van der Waals surface area contributed by atoms with E-state index in [9.17, 15) is 15.4 Å². The molecule has 152 valence electrons. The summed E-state index contributed by atoms with van der Waals surface area (Å²) in [6.45, 7) is 1.55. The second-order valence-corrected chi connectivity index (χ2v) is 7.02. The van der Waals surface area contributed by atoms with Gasteiger partial charge in [0.25, 0.3) is 0 Å². The topological polar surface area (TPSA) is 110 Å². The summed E-state index contributed by atoms with van der Waals surface area (Å²) in [4.78, 5) is 15.5. The first-order chi connectivity index (χ1) is 14.7. The molecular weight excluding hydrogens is 384 g/mol. The van der Waals surface area contributed by atoms with Crippen LogP contribution >= 0.6 is 0 Å². The van der Waals surface area contributed by atoms with Crippen LogP contribution in [-0.2, 0) is 11.2 Å². The monoisotopic (exact) mass is 404 g/mol. The van der Waals surface area contributed by atoms with Gasteiger partial charge in [-0.25, -0.2) is 0 Å². The van der Waals surface area contributed by atoms with Gasteiger partial charge in [0, 0.05) is 36.7 Å². The maximum absolute atomic E-state index is 11.7. The first-order valence-electron chi connectivity index (χ1n) is 9.69. The molecule has 30 heavy (non-hydrogen) atoms. The smallest absolute Gasteiger partial charge is 0.311 e. The van der Waals surface area contributed by atoms with Crippen LogP contribution in [0.2, 0.25) is 0 Å². The Morgan fingerprint density at radius 3 is 2.87 bits per heavy atom. The Bertz CT molecular complexity index is 1110. The minimum absolute atomic E-state index is 0.155. The first-order valence-corrected chi connectivity index (χ1v) is 9.69. The quantitative estimate of drug-likeness (QED) is 0.470. The van der Waals surface area contributed by atoms with Gasteiger partial charge in [-0.05, 0) is 12.0 Å². The van der Waals surface area contributed by atoms with Crippen molar-refractivity contribution in [2.75, 3.05) is 25.1 Å². The molecule has 0 unspecified atom stereocenters. The van der Waals surface area contributed by atoms with Crippen molar-refractivity contribution in [3.05, 3.63) is 69.9 Å². The second kappa shape index (κ2) is 8.76. The Morgan fingerprint density at radius 1 is 1.33 bits per heavy atom. The maximum Gasteiger partial charge on any atom is 0.311 e. The van der Waals surface area contributed by atoms with Crippen molar-refractivity contribution in [3.8, 4) is 11.8 Å². The summed E-state index contributed by atoms with van der Waals surface area (Å²) in [5, 5.41) is 25.0. The van der Waals surface area contributed by atoms with Crippen LogP contribution in [0.15, 0.2) is 48.7 Å². The molecule has 1 aromatic heterocycles.